The molecule has 0 unspecified atom stereocenters. The molecule has 4 heteroatoms. The van der Waals surface area contributed by atoms with Crippen molar-refractivity contribution in [3.05, 3.63) is 42.5 Å². The van der Waals surface area contributed by atoms with Crippen molar-refractivity contribution in [3.8, 4) is 5.75 Å². The van der Waals surface area contributed by atoms with Gasteiger partial charge in [0.2, 0.25) is 0 Å². The van der Waals surface area contributed by atoms with Gasteiger partial charge in [0.05, 0.1) is 6.10 Å². The number of benzene rings is 2. The van der Waals surface area contributed by atoms with E-state index < -0.39 is 0 Å². The second-order valence-corrected chi connectivity index (χ2v) is 6.60. The van der Waals surface area contributed by atoms with E-state index in [9.17, 15) is 4.79 Å². The van der Waals surface area contributed by atoms with Crippen molar-refractivity contribution >= 4 is 16.7 Å². The maximum Gasteiger partial charge on any atom is 0.257 e. The lowest BCUT2D eigenvalue weighted by Crippen LogP contribution is -2.30. The Morgan fingerprint density at radius 3 is 2.72 bits per heavy atom. The molecule has 0 saturated heterocycles. The molecular weight excluding hydrogens is 314 g/mol. The summed E-state index contributed by atoms with van der Waals surface area (Å²) in [5.74, 6) is 0.652. The van der Waals surface area contributed by atoms with Gasteiger partial charge in [0.1, 0.15) is 5.75 Å². The summed E-state index contributed by atoms with van der Waals surface area (Å²) in [6.07, 6.45) is 7.55. The quantitative estimate of drug-likeness (QED) is 0.736. The molecule has 1 N–H and O–H groups in total. The Morgan fingerprint density at radius 2 is 1.84 bits per heavy atom. The summed E-state index contributed by atoms with van der Waals surface area (Å²) in [5, 5.41) is 5.03. The van der Waals surface area contributed by atoms with Crippen LogP contribution in [0.15, 0.2) is 42.5 Å². The number of ether oxygens (including phenoxy) is 2. The van der Waals surface area contributed by atoms with Crippen molar-refractivity contribution < 1.29 is 14.3 Å². The van der Waals surface area contributed by atoms with Crippen molar-refractivity contribution in [1.82, 2.24) is 5.32 Å². The van der Waals surface area contributed by atoms with Gasteiger partial charge in [0.15, 0.2) is 6.61 Å². The fourth-order valence-electron chi connectivity index (χ4n) is 3.30. The number of carbonyl (C=O) groups is 1. The van der Waals surface area contributed by atoms with E-state index in [2.05, 4.69) is 5.32 Å². The molecule has 3 rings (SSSR count). The molecule has 25 heavy (non-hydrogen) atoms. The van der Waals surface area contributed by atoms with Crippen LogP contribution in [-0.2, 0) is 9.53 Å². The zero-order valence-electron chi connectivity index (χ0n) is 14.7. The molecule has 0 spiro atoms. The van der Waals surface area contributed by atoms with Crippen LogP contribution >= 0.6 is 0 Å². The number of nitrogens with one attached hydrogen (secondary N) is 1. The van der Waals surface area contributed by atoms with Gasteiger partial charge in [-0.2, -0.15) is 0 Å². The molecule has 1 amide bonds. The summed E-state index contributed by atoms with van der Waals surface area (Å²) < 4.78 is 11.5. The van der Waals surface area contributed by atoms with Crippen molar-refractivity contribution in [2.45, 2.75) is 44.6 Å². The van der Waals surface area contributed by atoms with Crippen LogP contribution in [0.5, 0.6) is 5.75 Å². The van der Waals surface area contributed by atoms with Gasteiger partial charge in [-0.05, 0) is 30.7 Å². The molecule has 2 aromatic rings. The van der Waals surface area contributed by atoms with E-state index in [4.69, 9.17) is 9.47 Å². The molecule has 1 fully saturated rings. The summed E-state index contributed by atoms with van der Waals surface area (Å²) in [6.45, 7) is 1.39. The molecule has 0 radical (unpaired) electrons. The monoisotopic (exact) mass is 341 g/mol. The van der Waals surface area contributed by atoms with Crippen molar-refractivity contribution in [2.75, 3.05) is 19.8 Å². The van der Waals surface area contributed by atoms with E-state index in [1.165, 1.54) is 32.1 Å². The van der Waals surface area contributed by atoms with E-state index in [-0.39, 0.29) is 12.5 Å². The third-order valence-electron chi connectivity index (χ3n) is 4.66. The molecule has 0 aromatic heterocycles. The van der Waals surface area contributed by atoms with E-state index >= 15 is 0 Å². The van der Waals surface area contributed by atoms with Crippen LogP contribution in [0, 0.1) is 0 Å². The molecule has 0 bridgehead atoms. The van der Waals surface area contributed by atoms with Crippen molar-refractivity contribution in [1.29, 1.82) is 0 Å². The van der Waals surface area contributed by atoms with Crippen LogP contribution in [0.25, 0.3) is 10.8 Å². The molecule has 0 aliphatic heterocycles. The van der Waals surface area contributed by atoms with E-state index in [1.54, 1.807) is 0 Å². The minimum Gasteiger partial charge on any atom is -0.483 e. The molecule has 1 saturated carbocycles. The van der Waals surface area contributed by atoms with Crippen LogP contribution in [-0.4, -0.2) is 31.8 Å². The third kappa shape index (κ3) is 5.46. The van der Waals surface area contributed by atoms with Crippen LogP contribution in [0.1, 0.15) is 38.5 Å². The van der Waals surface area contributed by atoms with Gasteiger partial charge in [-0.25, -0.2) is 0 Å². The highest BCUT2D eigenvalue weighted by Gasteiger charge is 2.13. The molecule has 134 valence electrons. The largest absolute Gasteiger partial charge is 0.483 e. The zero-order valence-corrected chi connectivity index (χ0v) is 14.7. The highest BCUT2D eigenvalue weighted by atomic mass is 16.5. The minimum absolute atomic E-state index is 0.0392. The van der Waals surface area contributed by atoms with Crippen molar-refractivity contribution in [3.63, 3.8) is 0 Å². The fraction of sp³-hybridized carbons (Fsp3) is 0.476. The topological polar surface area (TPSA) is 47.6 Å². The van der Waals surface area contributed by atoms with E-state index in [0.717, 1.165) is 29.5 Å². The smallest absolute Gasteiger partial charge is 0.257 e. The summed E-state index contributed by atoms with van der Waals surface area (Å²) in [6, 6.07) is 13.9. The Hall–Kier alpha value is -2.07. The number of rotatable bonds is 8. The molecule has 4 nitrogen and oxygen atoms in total. The predicted octanol–water partition coefficient (Wildman–Crippen LogP) is 4.07. The minimum atomic E-state index is -0.0920. The van der Waals surface area contributed by atoms with Crippen LogP contribution in [0.2, 0.25) is 0 Å². The number of hydrogen-bond donors (Lipinski definition) is 1. The SMILES string of the molecule is O=C(COc1cccc2ccccc12)NCCCOC1CCCCC1. The van der Waals surface area contributed by atoms with E-state index in [0.29, 0.717) is 12.6 Å². The Bertz CT molecular complexity index is 674. The first-order chi connectivity index (χ1) is 12.3. The number of carbonyl (C=O) groups excluding carboxylic acids is 1. The first kappa shape index (κ1) is 17.7. The normalized spacial score (nSPS) is 15.2. The summed E-state index contributed by atoms with van der Waals surface area (Å²) in [4.78, 5) is 11.9. The average molecular weight is 341 g/mol. The van der Waals surface area contributed by atoms with E-state index in [1.807, 2.05) is 42.5 Å². The number of fused-ring (bicyclic) bond motifs is 1. The Morgan fingerprint density at radius 1 is 1.04 bits per heavy atom. The Labute approximate surface area is 149 Å². The lowest BCUT2D eigenvalue weighted by atomic mass is 9.98. The molecule has 1 aliphatic rings. The highest BCUT2D eigenvalue weighted by molar-refractivity contribution is 5.88. The summed E-state index contributed by atoms with van der Waals surface area (Å²) >= 11 is 0. The van der Waals surface area contributed by atoms with Gasteiger partial charge in [0, 0.05) is 18.5 Å². The van der Waals surface area contributed by atoms with Gasteiger partial charge in [-0.1, -0.05) is 55.7 Å². The zero-order chi connectivity index (χ0) is 17.3. The lowest BCUT2D eigenvalue weighted by molar-refractivity contribution is -0.123. The third-order valence-corrected chi connectivity index (χ3v) is 4.66. The average Bonchev–Trinajstić information content (AvgIpc) is 2.67. The summed E-state index contributed by atoms with van der Waals surface area (Å²) in [7, 11) is 0. The second-order valence-electron chi connectivity index (χ2n) is 6.60. The van der Waals surface area contributed by atoms with Crippen LogP contribution < -0.4 is 10.1 Å². The standard InChI is InChI=1S/C21H27NO3/c23-21(22-14-7-15-24-18-10-2-1-3-11-18)16-25-20-13-6-9-17-8-4-5-12-19(17)20/h4-6,8-9,12-13,18H,1-3,7,10-11,14-16H2,(H,22,23). The predicted molar refractivity (Wildman–Crippen MR) is 99.9 cm³/mol. The number of amides is 1. The first-order valence-electron chi connectivity index (χ1n) is 9.32. The van der Waals surface area contributed by atoms with Gasteiger partial charge < -0.3 is 14.8 Å². The molecule has 0 heterocycles. The van der Waals surface area contributed by atoms with Crippen LogP contribution in [0.3, 0.4) is 0 Å². The first-order valence-corrected chi connectivity index (χ1v) is 9.32. The highest BCUT2D eigenvalue weighted by Crippen LogP contribution is 2.25. The second kappa shape index (κ2) is 9.42. The molecular formula is C21H27NO3. The number of hydrogen-bond acceptors (Lipinski definition) is 3. The van der Waals surface area contributed by atoms with Crippen LogP contribution in [0.4, 0.5) is 0 Å². The maximum atomic E-state index is 11.9. The van der Waals surface area contributed by atoms with Gasteiger partial charge in [-0.3, -0.25) is 4.79 Å². The molecule has 2 aromatic carbocycles. The fourth-order valence-corrected chi connectivity index (χ4v) is 3.30. The van der Waals surface area contributed by atoms with Gasteiger partial charge in [0.25, 0.3) is 5.91 Å². The Kier molecular flexibility index (Phi) is 6.69. The maximum absolute atomic E-state index is 11.9. The summed E-state index contributed by atoms with van der Waals surface area (Å²) in [5.41, 5.74) is 0. The molecule has 0 atom stereocenters. The Balaban J connectivity index is 1.34. The van der Waals surface area contributed by atoms with Gasteiger partial charge in [-0.15, -0.1) is 0 Å². The van der Waals surface area contributed by atoms with Crippen molar-refractivity contribution in [2.24, 2.45) is 0 Å². The lowest BCUT2D eigenvalue weighted by Gasteiger charge is -2.21. The molecule has 1 aliphatic carbocycles. The van der Waals surface area contributed by atoms with Gasteiger partial charge >= 0.3 is 0 Å².